The van der Waals surface area contributed by atoms with Crippen molar-refractivity contribution >= 4 is 29.1 Å². The van der Waals surface area contributed by atoms with E-state index < -0.39 is 23.7 Å². The molecule has 3 aromatic carbocycles. The number of hydrogen-bond donors (Lipinski definition) is 2. The lowest BCUT2D eigenvalue weighted by Crippen LogP contribution is -2.29. The summed E-state index contributed by atoms with van der Waals surface area (Å²) in [6, 6.07) is 18.2. The Kier molecular flexibility index (Phi) is 6.92. The zero-order chi connectivity index (χ0) is 26.0. The van der Waals surface area contributed by atoms with Crippen LogP contribution in [-0.2, 0) is 27.2 Å². The third kappa shape index (κ3) is 4.60. The molecule has 0 aliphatic carbocycles. The molecule has 1 aliphatic rings. The van der Waals surface area contributed by atoms with Gasteiger partial charge in [-0.2, -0.15) is 0 Å². The van der Waals surface area contributed by atoms with Crippen molar-refractivity contribution in [1.29, 1.82) is 0 Å². The van der Waals surface area contributed by atoms with Crippen LogP contribution in [0.5, 0.6) is 5.75 Å². The first-order chi connectivity index (χ1) is 17.2. The molecule has 7 nitrogen and oxygen atoms in total. The Labute approximate surface area is 209 Å². The number of carbonyl (C=O) groups excluding carboxylic acids is 2. The van der Waals surface area contributed by atoms with Crippen molar-refractivity contribution in [2.75, 3.05) is 12.0 Å². The van der Waals surface area contributed by atoms with Crippen LogP contribution >= 0.6 is 0 Å². The molecule has 1 amide bonds. The summed E-state index contributed by atoms with van der Waals surface area (Å²) in [6.07, 6.45) is 0.675. The summed E-state index contributed by atoms with van der Waals surface area (Å²) >= 11 is 0. The Balaban J connectivity index is 1.87. The molecule has 1 atom stereocenters. The minimum Gasteiger partial charge on any atom is -0.507 e. The number of amides is 1. The average molecular weight is 486 g/mol. The Hall–Kier alpha value is -4.39. The van der Waals surface area contributed by atoms with E-state index in [9.17, 15) is 19.5 Å². The number of aryl methyl sites for hydroxylation is 2. The molecule has 2 N–H and O–H groups in total. The maximum Gasteiger partial charge on any atom is 0.307 e. The summed E-state index contributed by atoms with van der Waals surface area (Å²) < 4.78 is 5.30. The van der Waals surface area contributed by atoms with E-state index in [1.807, 2.05) is 38.1 Å². The number of ether oxygens (including phenoxy) is 1. The predicted octanol–water partition coefficient (Wildman–Crippen LogP) is 4.82. The Morgan fingerprint density at radius 3 is 2.14 bits per heavy atom. The predicted molar refractivity (Wildman–Crippen MR) is 136 cm³/mol. The lowest BCUT2D eigenvalue weighted by atomic mass is 9.93. The lowest BCUT2D eigenvalue weighted by molar-refractivity contribution is -0.136. The highest BCUT2D eigenvalue weighted by atomic mass is 16.5. The van der Waals surface area contributed by atoms with Crippen LogP contribution < -0.4 is 9.64 Å². The van der Waals surface area contributed by atoms with Gasteiger partial charge in [0, 0.05) is 11.3 Å². The molecule has 36 heavy (non-hydrogen) atoms. The monoisotopic (exact) mass is 485 g/mol. The summed E-state index contributed by atoms with van der Waals surface area (Å²) in [5.41, 5.74) is 3.93. The highest BCUT2D eigenvalue weighted by Crippen LogP contribution is 2.42. The highest BCUT2D eigenvalue weighted by molar-refractivity contribution is 6.51. The molecule has 0 radical (unpaired) electrons. The van der Waals surface area contributed by atoms with Crippen molar-refractivity contribution in [1.82, 2.24) is 0 Å². The fourth-order valence-corrected chi connectivity index (χ4v) is 4.48. The largest absolute Gasteiger partial charge is 0.507 e. The lowest BCUT2D eigenvalue weighted by Gasteiger charge is -2.26. The molecular weight excluding hydrogens is 458 g/mol. The smallest absolute Gasteiger partial charge is 0.307 e. The van der Waals surface area contributed by atoms with E-state index in [-0.39, 0.29) is 17.8 Å². The van der Waals surface area contributed by atoms with Crippen LogP contribution in [0.2, 0.25) is 0 Å². The molecule has 0 bridgehead atoms. The number of nitrogens with zero attached hydrogens (tertiary/aromatic N) is 1. The SMILES string of the molecule is CCc1ccc(C2/C(=C(/O)c3ccc(OC)c(C)c3)C(=O)C(=O)N2c2ccc(CC(=O)O)cc2)cc1. The molecule has 7 heteroatoms. The van der Waals surface area contributed by atoms with Gasteiger partial charge in [0.25, 0.3) is 11.7 Å². The second-order valence-electron chi connectivity index (χ2n) is 8.69. The maximum atomic E-state index is 13.3. The minimum atomic E-state index is -0.964. The first-order valence-electron chi connectivity index (χ1n) is 11.6. The van der Waals surface area contributed by atoms with Crippen molar-refractivity contribution in [3.8, 4) is 5.75 Å². The van der Waals surface area contributed by atoms with Gasteiger partial charge in [-0.15, -0.1) is 0 Å². The van der Waals surface area contributed by atoms with Crippen LogP contribution in [0.4, 0.5) is 5.69 Å². The fourth-order valence-electron chi connectivity index (χ4n) is 4.48. The molecule has 0 spiro atoms. The van der Waals surface area contributed by atoms with Gasteiger partial charge >= 0.3 is 5.97 Å². The number of aliphatic hydroxyl groups is 1. The molecule has 4 rings (SSSR count). The summed E-state index contributed by atoms with van der Waals surface area (Å²) in [6.45, 7) is 3.86. The Morgan fingerprint density at radius 1 is 0.944 bits per heavy atom. The minimum absolute atomic E-state index is 0.0107. The van der Waals surface area contributed by atoms with Gasteiger partial charge in [-0.05, 0) is 65.9 Å². The number of benzene rings is 3. The second-order valence-corrected chi connectivity index (χ2v) is 8.69. The number of aliphatic carboxylic acids is 1. The number of rotatable bonds is 7. The van der Waals surface area contributed by atoms with Gasteiger partial charge in [0.05, 0.1) is 25.1 Å². The van der Waals surface area contributed by atoms with E-state index in [2.05, 4.69) is 0 Å². The Bertz CT molecular complexity index is 1360. The van der Waals surface area contributed by atoms with Gasteiger partial charge in [0.2, 0.25) is 0 Å². The molecule has 3 aromatic rings. The van der Waals surface area contributed by atoms with Crippen LogP contribution in [0.1, 0.15) is 40.8 Å². The third-order valence-corrected chi connectivity index (χ3v) is 6.39. The quantitative estimate of drug-likeness (QED) is 0.283. The van der Waals surface area contributed by atoms with Gasteiger partial charge in [-0.3, -0.25) is 19.3 Å². The van der Waals surface area contributed by atoms with Crippen molar-refractivity contribution in [3.63, 3.8) is 0 Å². The fraction of sp³-hybridized carbons (Fsp3) is 0.207. The maximum absolute atomic E-state index is 13.3. The summed E-state index contributed by atoms with van der Waals surface area (Å²) in [4.78, 5) is 39.0. The summed E-state index contributed by atoms with van der Waals surface area (Å²) in [5.74, 6) is -2.15. The first-order valence-corrected chi connectivity index (χ1v) is 11.6. The van der Waals surface area contributed by atoms with Gasteiger partial charge in [0.1, 0.15) is 11.5 Å². The van der Waals surface area contributed by atoms with Gasteiger partial charge in [0.15, 0.2) is 0 Å². The molecule has 0 saturated carbocycles. The number of carboxylic acids is 1. The second kappa shape index (κ2) is 10.1. The molecule has 184 valence electrons. The number of hydrogen-bond acceptors (Lipinski definition) is 5. The molecule has 1 saturated heterocycles. The van der Waals surface area contributed by atoms with Crippen LogP contribution in [0.3, 0.4) is 0 Å². The van der Waals surface area contributed by atoms with Crippen molar-refractivity contribution in [3.05, 3.63) is 100 Å². The molecule has 1 unspecified atom stereocenters. The van der Waals surface area contributed by atoms with E-state index in [1.165, 1.54) is 4.90 Å². The molecule has 0 aromatic heterocycles. The van der Waals surface area contributed by atoms with Crippen LogP contribution in [0.15, 0.2) is 72.3 Å². The summed E-state index contributed by atoms with van der Waals surface area (Å²) in [5, 5.41) is 20.4. The zero-order valence-electron chi connectivity index (χ0n) is 20.3. The number of ketones is 1. The number of methoxy groups -OCH3 is 1. The van der Waals surface area contributed by atoms with Gasteiger partial charge in [-0.25, -0.2) is 0 Å². The van der Waals surface area contributed by atoms with Crippen LogP contribution in [-0.4, -0.2) is 35.0 Å². The number of Topliss-reactive ketones (excluding diaryl/α,β-unsaturated/α-hetero) is 1. The number of anilines is 1. The van der Waals surface area contributed by atoms with E-state index >= 15 is 0 Å². The highest BCUT2D eigenvalue weighted by Gasteiger charge is 2.47. The number of carboxylic acid groups (broad SMARTS) is 1. The number of aliphatic hydroxyl groups excluding tert-OH is 1. The third-order valence-electron chi connectivity index (χ3n) is 6.39. The van der Waals surface area contributed by atoms with E-state index in [4.69, 9.17) is 9.84 Å². The van der Waals surface area contributed by atoms with Crippen LogP contribution in [0, 0.1) is 6.92 Å². The normalized spacial score (nSPS) is 16.9. The topological polar surface area (TPSA) is 104 Å². The molecule has 1 heterocycles. The van der Waals surface area contributed by atoms with Gasteiger partial charge in [-0.1, -0.05) is 43.3 Å². The van der Waals surface area contributed by atoms with Gasteiger partial charge < -0.3 is 14.9 Å². The molecule has 1 fully saturated rings. The van der Waals surface area contributed by atoms with Crippen molar-refractivity contribution in [2.45, 2.75) is 32.7 Å². The summed E-state index contributed by atoms with van der Waals surface area (Å²) in [7, 11) is 1.55. The van der Waals surface area contributed by atoms with E-state index in [0.29, 0.717) is 28.1 Å². The molecular formula is C29H27NO6. The van der Waals surface area contributed by atoms with Crippen molar-refractivity contribution < 1.29 is 29.3 Å². The zero-order valence-corrected chi connectivity index (χ0v) is 20.3. The standard InChI is InChI=1S/C29H27NO6/c1-4-18-5-9-20(10-6-18)26-25(27(33)21-11-14-23(36-3)17(2)15-21)28(34)29(35)30(26)22-12-7-19(8-13-22)16-24(31)32/h5-15,26,33H,4,16H2,1-3H3,(H,31,32)/b27-25-. The Morgan fingerprint density at radius 2 is 1.58 bits per heavy atom. The van der Waals surface area contributed by atoms with E-state index in [1.54, 1.807) is 49.6 Å². The van der Waals surface area contributed by atoms with E-state index in [0.717, 1.165) is 17.5 Å². The van der Waals surface area contributed by atoms with Crippen molar-refractivity contribution in [2.24, 2.45) is 0 Å². The first kappa shape index (κ1) is 24.7. The molecule has 1 aliphatic heterocycles. The average Bonchev–Trinajstić information content (AvgIpc) is 3.14. The number of carbonyl (C=O) groups is 3. The van der Waals surface area contributed by atoms with Crippen LogP contribution in [0.25, 0.3) is 5.76 Å².